The minimum absolute atomic E-state index is 0.356. The molecule has 1 aliphatic heterocycles. The number of nitrogens with zero attached hydrogens (tertiary/aromatic N) is 2. The molecule has 21 heavy (non-hydrogen) atoms. The van der Waals surface area contributed by atoms with E-state index in [1.807, 2.05) is 0 Å². The molecular weight excluding hydrogens is 258 g/mol. The quantitative estimate of drug-likeness (QED) is 0.859. The fourth-order valence-corrected chi connectivity index (χ4v) is 3.08. The van der Waals surface area contributed by atoms with Gasteiger partial charge in [-0.3, -0.25) is 0 Å². The first kappa shape index (κ1) is 14.0. The van der Waals surface area contributed by atoms with E-state index in [1.165, 1.54) is 5.56 Å². The van der Waals surface area contributed by atoms with Crippen LogP contribution in [0.2, 0.25) is 0 Å². The Morgan fingerprint density at radius 2 is 1.76 bits per heavy atom. The van der Waals surface area contributed by atoms with Crippen molar-refractivity contribution in [3.05, 3.63) is 59.7 Å². The maximum atomic E-state index is 6.33. The fourth-order valence-electron chi connectivity index (χ4n) is 3.08. The summed E-state index contributed by atoms with van der Waals surface area (Å²) in [6.07, 6.45) is 0. The van der Waals surface area contributed by atoms with Gasteiger partial charge in [0, 0.05) is 19.6 Å². The molecule has 0 aliphatic carbocycles. The largest absolute Gasteiger partial charge is 0.397 e. The van der Waals surface area contributed by atoms with Crippen molar-refractivity contribution in [2.75, 3.05) is 37.3 Å². The number of likely N-dealkylation sites (N-methyl/N-ethyl adjacent to an activating group) is 1. The Morgan fingerprint density at radius 1 is 1.00 bits per heavy atom. The molecule has 1 fully saturated rings. The van der Waals surface area contributed by atoms with E-state index < -0.39 is 0 Å². The third-order valence-corrected chi connectivity index (χ3v) is 4.38. The summed E-state index contributed by atoms with van der Waals surface area (Å²) < 4.78 is 0. The molecule has 1 atom stereocenters. The molecule has 1 aliphatic rings. The molecule has 2 aromatic carbocycles. The van der Waals surface area contributed by atoms with Gasteiger partial charge in [-0.1, -0.05) is 42.5 Å². The van der Waals surface area contributed by atoms with E-state index in [4.69, 9.17) is 5.73 Å². The summed E-state index contributed by atoms with van der Waals surface area (Å²) in [5, 5.41) is 0. The van der Waals surface area contributed by atoms with Crippen molar-refractivity contribution in [3.63, 3.8) is 0 Å². The van der Waals surface area contributed by atoms with Crippen molar-refractivity contribution in [2.24, 2.45) is 0 Å². The second kappa shape index (κ2) is 5.78. The van der Waals surface area contributed by atoms with Crippen LogP contribution in [-0.2, 0) is 0 Å². The van der Waals surface area contributed by atoms with Gasteiger partial charge in [0.15, 0.2) is 0 Å². The summed E-state index contributed by atoms with van der Waals surface area (Å²) >= 11 is 0. The summed E-state index contributed by atoms with van der Waals surface area (Å²) in [4.78, 5) is 4.85. The molecule has 1 unspecified atom stereocenters. The van der Waals surface area contributed by atoms with Crippen LogP contribution >= 0.6 is 0 Å². The van der Waals surface area contributed by atoms with Crippen LogP contribution in [0.4, 0.5) is 11.4 Å². The Bertz CT molecular complexity index is 609. The number of rotatable bonds is 2. The lowest BCUT2D eigenvalue weighted by Gasteiger charge is -2.42. The molecule has 0 radical (unpaired) electrons. The highest BCUT2D eigenvalue weighted by molar-refractivity contribution is 5.71. The minimum Gasteiger partial charge on any atom is -0.397 e. The minimum atomic E-state index is 0.356. The molecule has 1 saturated heterocycles. The summed E-state index contributed by atoms with van der Waals surface area (Å²) in [5.74, 6) is 0. The van der Waals surface area contributed by atoms with Gasteiger partial charge in [0.1, 0.15) is 0 Å². The van der Waals surface area contributed by atoms with E-state index in [-0.39, 0.29) is 0 Å². The van der Waals surface area contributed by atoms with E-state index in [0.29, 0.717) is 6.04 Å². The Labute approximate surface area is 127 Å². The summed E-state index contributed by atoms with van der Waals surface area (Å²) in [6.45, 7) is 5.17. The molecule has 0 amide bonds. The van der Waals surface area contributed by atoms with E-state index in [9.17, 15) is 0 Å². The number of benzene rings is 2. The summed E-state index contributed by atoms with van der Waals surface area (Å²) in [6, 6.07) is 17.4. The zero-order chi connectivity index (χ0) is 14.8. The average Bonchev–Trinajstić information content (AvgIpc) is 2.51. The molecule has 0 bridgehead atoms. The molecule has 0 saturated carbocycles. The number of para-hydroxylation sites is 1. The number of hydrogen-bond acceptors (Lipinski definition) is 3. The molecule has 3 nitrogen and oxygen atoms in total. The van der Waals surface area contributed by atoms with Gasteiger partial charge in [-0.25, -0.2) is 0 Å². The normalized spacial score (nSPS) is 19.7. The predicted octanol–water partition coefficient (Wildman–Crippen LogP) is 3.07. The molecule has 3 heteroatoms. The first-order valence-electron chi connectivity index (χ1n) is 7.52. The lowest BCUT2D eigenvalue weighted by molar-refractivity contribution is 0.269. The van der Waals surface area contributed by atoms with E-state index in [1.54, 1.807) is 0 Å². The Balaban J connectivity index is 2.00. The molecule has 2 N–H and O–H groups in total. The lowest BCUT2D eigenvalue weighted by Crippen LogP contribution is -2.47. The molecular formula is C18H23N3. The van der Waals surface area contributed by atoms with Gasteiger partial charge in [0.25, 0.3) is 0 Å². The highest BCUT2D eigenvalue weighted by Crippen LogP contribution is 2.35. The van der Waals surface area contributed by atoms with Gasteiger partial charge < -0.3 is 15.5 Å². The van der Waals surface area contributed by atoms with Gasteiger partial charge in [0.05, 0.1) is 17.4 Å². The van der Waals surface area contributed by atoms with E-state index >= 15 is 0 Å². The zero-order valence-corrected chi connectivity index (χ0v) is 12.8. The van der Waals surface area contributed by atoms with Crippen LogP contribution in [0.3, 0.4) is 0 Å². The number of nitrogen functional groups attached to an aromatic ring is 1. The third-order valence-electron chi connectivity index (χ3n) is 4.38. The summed E-state index contributed by atoms with van der Waals surface area (Å²) in [5.41, 5.74) is 10.9. The van der Waals surface area contributed by atoms with Gasteiger partial charge in [-0.2, -0.15) is 0 Å². The van der Waals surface area contributed by atoms with Crippen molar-refractivity contribution < 1.29 is 0 Å². The van der Waals surface area contributed by atoms with Crippen LogP contribution in [0.25, 0.3) is 0 Å². The number of hydrogen-bond donors (Lipinski definition) is 1. The lowest BCUT2D eigenvalue weighted by atomic mass is 10.0. The number of nitrogens with two attached hydrogens (primary N) is 1. The Hall–Kier alpha value is -2.00. The van der Waals surface area contributed by atoms with Crippen molar-refractivity contribution in [1.29, 1.82) is 0 Å². The van der Waals surface area contributed by atoms with Gasteiger partial charge >= 0.3 is 0 Å². The topological polar surface area (TPSA) is 32.5 Å². The van der Waals surface area contributed by atoms with Gasteiger partial charge in [0.2, 0.25) is 0 Å². The maximum absolute atomic E-state index is 6.33. The summed E-state index contributed by atoms with van der Waals surface area (Å²) in [7, 11) is 2.19. The second-order valence-corrected chi connectivity index (χ2v) is 5.89. The first-order chi connectivity index (χ1) is 10.2. The highest BCUT2D eigenvalue weighted by Gasteiger charge is 2.27. The van der Waals surface area contributed by atoms with Crippen LogP contribution in [-0.4, -0.2) is 31.6 Å². The molecule has 2 aromatic rings. The van der Waals surface area contributed by atoms with Crippen LogP contribution in [0.5, 0.6) is 0 Å². The highest BCUT2D eigenvalue weighted by atomic mass is 15.3. The standard InChI is InChI=1S/C18H23N3/c1-14-7-6-10-16(18(14)19)21-12-11-20(2)13-17(21)15-8-4-3-5-9-15/h3-10,17H,11-13,19H2,1-2H3. The third kappa shape index (κ3) is 2.74. The molecule has 0 aromatic heterocycles. The molecule has 0 spiro atoms. The van der Waals surface area contributed by atoms with Crippen molar-refractivity contribution >= 4 is 11.4 Å². The molecule has 3 rings (SSSR count). The number of anilines is 2. The Morgan fingerprint density at radius 3 is 2.52 bits per heavy atom. The van der Waals surface area contributed by atoms with Gasteiger partial charge in [-0.05, 0) is 31.2 Å². The predicted molar refractivity (Wildman–Crippen MR) is 89.6 cm³/mol. The molecule has 1 heterocycles. The van der Waals surface area contributed by atoms with Crippen LogP contribution in [0, 0.1) is 6.92 Å². The van der Waals surface area contributed by atoms with E-state index in [2.05, 4.69) is 72.3 Å². The van der Waals surface area contributed by atoms with Crippen molar-refractivity contribution in [2.45, 2.75) is 13.0 Å². The Kier molecular flexibility index (Phi) is 3.84. The smallest absolute Gasteiger partial charge is 0.0670 e. The van der Waals surface area contributed by atoms with Crippen LogP contribution in [0.1, 0.15) is 17.2 Å². The van der Waals surface area contributed by atoms with Crippen molar-refractivity contribution in [1.82, 2.24) is 4.90 Å². The first-order valence-corrected chi connectivity index (χ1v) is 7.52. The number of aryl methyl sites for hydroxylation is 1. The monoisotopic (exact) mass is 281 g/mol. The average molecular weight is 281 g/mol. The second-order valence-electron chi connectivity index (χ2n) is 5.89. The van der Waals surface area contributed by atoms with Crippen LogP contribution < -0.4 is 10.6 Å². The SMILES string of the molecule is Cc1cccc(N2CCN(C)CC2c2ccccc2)c1N. The molecule has 110 valence electrons. The maximum Gasteiger partial charge on any atom is 0.0670 e. The van der Waals surface area contributed by atoms with Crippen molar-refractivity contribution in [3.8, 4) is 0 Å². The fraction of sp³-hybridized carbons (Fsp3) is 0.333. The number of piperazine rings is 1. The van der Waals surface area contributed by atoms with Gasteiger partial charge in [-0.15, -0.1) is 0 Å². The van der Waals surface area contributed by atoms with Crippen LogP contribution in [0.15, 0.2) is 48.5 Å². The zero-order valence-electron chi connectivity index (χ0n) is 12.8. The van der Waals surface area contributed by atoms with E-state index in [0.717, 1.165) is 36.6 Å².